The zero-order valence-corrected chi connectivity index (χ0v) is 22.9. The monoisotopic (exact) mass is 512 g/mol. The average molecular weight is 513 g/mol. The summed E-state index contributed by atoms with van der Waals surface area (Å²) in [6, 6.07) is 9.14. The molecule has 0 aromatic heterocycles. The Labute approximate surface area is 221 Å². The van der Waals surface area contributed by atoms with Crippen LogP contribution in [0, 0.1) is 5.92 Å². The van der Waals surface area contributed by atoms with E-state index in [2.05, 4.69) is 39.6 Å². The maximum absolute atomic E-state index is 12.2. The van der Waals surface area contributed by atoms with E-state index in [4.69, 9.17) is 4.74 Å². The van der Waals surface area contributed by atoms with E-state index >= 15 is 0 Å². The Morgan fingerprint density at radius 2 is 1.68 bits per heavy atom. The summed E-state index contributed by atoms with van der Waals surface area (Å²) in [5.41, 5.74) is 1.73. The Morgan fingerprint density at radius 3 is 2.27 bits per heavy atom. The first-order valence-electron chi connectivity index (χ1n) is 14.0. The van der Waals surface area contributed by atoms with Crippen molar-refractivity contribution in [1.82, 2.24) is 15.5 Å². The number of imide groups is 1. The molecule has 37 heavy (non-hydrogen) atoms. The second kappa shape index (κ2) is 11.8. The third-order valence-electron chi connectivity index (χ3n) is 8.10. The van der Waals surface area contributed by atoms with Crippen LogP contribution in [0.15, 0.2) is 24.3 Å². The van der Waals surface area contributed by atoms with Crippen LogP contribution >= 0.6 is 0 Å². The maximum atomic E-state index is 12.2. The Morgan fingerprint density at radius 1 is 1.03 bits per heavy atom. The molecule has 3 aliphatic rings. The molecule has 0 spiro atoms. The van der Waals surface area contributed by atoms with E-state index in [1.807, 2.05) is 32.9 Å². The predicted molar refractivity (Wildman–Crippen MR) is 145 cm³/mol. The van der Waals surface area contributed by atoms with Crippen LogP contribution < -0.4 is 15.5 Å². The Balaban J connectivity index is 1.18. The summed E-state index contributed by atoms with van der Waals surface area (Å²) in [7, 11) is 2.26. The third-order valence-corrected chi connectivity index (χ3v) is 8.10. The van der Waals surface area contributed by atoms with E-state index in [1.54, 1.807) is 0 Å². The number of hydrogen-bond acceptors (Lipinski definition) is 6. The number of anilines is 1. The number of piperidine rings is 2. The smallest absolute Gasteiger partial charge is 0.407 e. The van der Waals surface area contributed by atoms with Gasteiger partial charge in [-0.15, -0.1) is 0 Å². The average Bonchev–Trinajstić information content (AvgIpc) is 2.84. The number of nitrogens with one attached hydrogen (secondary N) is 2. The highest BCUT2D eigenvalue weighted by Crippen LogP contribution is 2.30. The zero-order valence-electron chi connectivity index (χ0n) is 22.9. The summed E-state index contributed by atoms with van der Waals surface area (Å²) in [6.45, 7) is 8.85. The van der Waals surface area contributed by atoms with Crippen molar-refractivity contribution in [2.45, 2.75) is 95.7 Å². The molecule has 3 fully saturated rings. The van der Waals surface area contributed by atoms with Crippen molar-refractivity contribution in [2.24, 2.45) is 5.92 Å². The molecule has 1 atom stereocenters. The molecule has 2 N–H and O–H groups in total. The summed E-state index contributed by atoms with van der Waals surface area (Å²) >= 11 is 0. The number of rotatable bonds is 6. The SMILES string of the molecule is CN(CC1CCC(NC(=O)OC(C)(C)C)CC1)C1CCN(c2ccc(C3CCC(=O)NC3=O)cc2)CC1. The fourth-order valence-electron chi connectivity index (χ4n) is 6.01. The summed E-state index contributed by atoms with van der Waals surface area (Å²) in [4.78, 5) is 40.6. The Kier molecular flexibility index (Phi) is 8.78. The van der Waals surface area contributed by atoms with Gasteiger partial charge in [-0.05, 0) is 96.4 Å². The molecular weight excluding hydrogens is 468 g/mol. The molecule has 0 bridgehead atoms. The number of carbonyl (C=O) groups is 3. The first-order chi connectivity index (χ1) is 17.6. The van der Waals surface area contributed by atoms with Gasteiger partial charge in [0.2, 0.25) is 11.8 Å². The van der Waals surface area contributed by atoms with Crippen molar-refractivity contribution in [3.05, 3.63) is 29.8 Å². The topological polar surface area (TPSA) is 91.0 Å². The first-order valence-corrected chi connectivity index (χ1v) is 14.0. The van der Waals surface area contributed by atoms with Crippen LogP contribution in [0.1, 0.15) is 83.6 Å². The van der Waals surface area contributed by atoms with Crippen molar-refractivity contribution >= 4 is 23.6 Å². The lowest BCUT2D eigenvalue weighted by Crippen LogP contribution is -2.46. The van der Waals surface area contributed by atoms with Crippen LogP contribution in [-0.4, -0.2) is 67.2 Å². The summed E-state index contributed by atoms with van der Waals surface area (Å²) in [6.07, 6.45) is 7.29. The lowest BCUT2D eigenvalue weighted by Gasteiger charge is -2.40. The number of alkyl carbamates (subject to hydrolysis) is 1. The Hall–Kier alpha value is -2.61. The van der Waals surface area contributed by atoms with Crippen LogP contribution in [0.25, 0.3) is 0 Å². The van der Waals surface area contributed by atoms with Crippen molar-refractivity contribution in [2.75, 3.05) is 31.6 Å². The number of ether oxygens (including phenoxy) is 1. The quantitative estimate of drug-likeness (QED) is 0.556. The van der Waals surface area contributed by atoms with Gasteiger partial charge in [-0.2, -0.15) is 0 Å². The van der Waals surface area contributed by atoms with Crippen molar-refractivity contribution in [1.29, 1.82) is 0 Å². The highest BCUT2D eigenvalue weighted by atomic mass is 16.6. The van der Waals surface area contributed by atoms with E-state index in [1.165, 1.54) is 5.69 Å². The zero-order chi connectivity index (χ0) is 26.6. The number of amides is 3. The first kappa shape index (κ1) is 27.4. The third kappa shape index (κ3) is 7.69. The summed E-state index contributed by atoms with van der Waals surface area (Å²) in [5.74, 6) is 0.100. The Bertz CT molecular complexity index is 942. The highest BCUT2D eigenvalue weighted by Gasteiger charge is 2.30. The number of benzene rings is 1. The lowest BCUT2D eigenvalue weighted by molar-refractivity contribution is -0.134. The van der Waals surface area contributed by atoms with Crippen LogP contribution in [-0.2, 0) is 14.3 Å². The molecule has 2 heterocycles. The standard InChI is InChI=1S/C29H44N4O4/c1-29(2,3)37-28(36)30-22-9-5-20(6-10-22)19-32(4)23-15-17-33(18-16-23)24-11-7-21(8-12-24)25-13-14-26(34)31-27(25)35/h7-8,11-12,20,22-23,25H,5-6,9-10,13-19H2,1-4H3,(H,30,36)(H,31,34,35). The van der Waals surface area contributed by atoms with E-state index < -0.39 is 5.60 Å². The molecule has 0 radical (unpaired) electrons. The molecule has 3 amide bonds. The molecule has 4 rings (SSSR count). The van der Waals surface area contributed by atoms with Gasteiger partial charge in [0.15, 0.2) is 0 Å². The van der Waals surface area contributed by atoms with Crippen LogP contribution in [0.2, 0.25) is 0 Å². The van der Waals surface area contributed by atoms with E-state index in [9.17, 15) is 14.4 Å². The minimum absolute atomic E-state index is 0.173. The largest absolute Gasteiger partial charge is 0.444 e. The summed E-state index contributed by atoms with van der Waals surface area (Å²) < 4.78 is 5.40. The molecule has 8 heteroatoms. The fourth-order valence-corrected chi connectivity index (χ4v) is 6.01. The van der Waals surface area contributed by atoms with E-state index in [0.717, 1.165) is 63.7 Å². The number of carbonyl (C=O) groups excluding carboxylic acids is 3. The van der Waals surface area contributed by atoms with E-state index in [-0.39, 0.29) is 29.9 Å². The molecule has 1 saturated carbocycles. The fraction of sp³-hybridized carbons (Fsp3) is 0.690. The highest BCUT2D eigenvalue weighted by molar-refractivity contribution is 6.00. The van der Waals surface area contributed by atoms with Gasteiger partial charge in [0.25, 0.3) is 0 Å². The van der Waals surface area contributed by atoms with Crippen LogP contribution in [0.3, 0.4) is 0 Å². The normalized spacial score (nSPS) is 25.6. The van der Waals surface area contributed by atoms with Crippen molar-refractivity contribution in [3.8, 4) is 0 Å². The van der Waals surface area contributed by atoms with Crippen LogP contribution in [0.4, 0.5) is 10.5 Å². The van der Waals surface area contributed by atoms with Gasteiger partial charge in [0.05, 0.1) is 5.92 Å². The van der Waals surface area contributed by atoms with Gasteiger partial charge in [-0.25, -0.2) is 4.79 Å². The van der Waals surface area contributed by atoms with Gasteiger partial charge in [0.1, 0.15) is 5.60 Å². The van der Waals surface area contributed by atoms with Gasteiger partial charge in [-0.1, -0.05) is 12.1 Å². The molecule has 204 valence electrons. The van der Waals surface area contributed by atoms with Crippen molar-refractivity contribution in [3.63, 3.8) is 0 Å². The van der Waals surface area contributed by atoms with Gasteiger partial charge >= 0.3 is 6.09 Å². The molecule has 1 aromatic carbocycles. The lowest BCUT2D eigenvalue weighted by atomic mass is 9.85. The second-order valence-corrected chi connectivity index (χ2v) is 12.1. The molecule has 1 aliphatic carbocycles. The molecular formula is C29H44N4O4. The van der Waals surface area contributed by atoms with E-state index in [0.29, 0.717) is 24.8 Å². The second-order valence-electron chi connectivity index (χ2n) is 12.1. The van der Waals surface area contributed by atoms with Crippen molar-refractivity contribution < 1.29 is 19.1 Å². The molecule has 2 aliphatic heterocycles. The number of nitrogens with zero attached hydrogens (tertiary/aromatic N) is 2. The predicted octanol–water partition coefficient (Wildman–Crippen LogP) is 4.19. The number of hydrogen-bond donors (Lipinski definition) is 2. The minimum atomic E-state index is -0.460. The molecule has 1 unspecified atom stereocenters. The molecule has 1 aromatic rings. The molecule has 8 nitrogen and oxygen atoms in total. The minimum Gasteiger partial charge on any atom is -0.444 e. The van der Waals surface area contributed by atoms with Gasteiger partial charge in [-0.3, -0.25) is 14.9 Å². The molecule has 2 saturated heterocycles. The van der Waals surface area contributed by atoms with Crippen LogP contribution in [0.5, 0.6) is 0 Å². The van der Waals surface area contributed by atoms with Gasteiger partial charge in [0, 0.05) is 43.8 Å². The summed E-state index contributed by atoms with van der Waals surface area (Å²) in [5, 5.41) is 5.50. The maximum Gasteiger partial charge on any atom is 0.407 e. The van der Waals surface area contributed by atoms with Gasteiger partial charge < -0.3 is 19.9 Å².